The minimum absolute atomic E-state index is 0.0312. The van der Waals surface area contributed by atoms with E-state index in [1.165, 1.54) is 11.1 Å². The van der Waals surface area contributed by atoms with Gasteiger partial charge in [0.2, 0.25) is 0 Å². The molecule has 0 saturated carbocycles. The first kappa shape index (κ1) is 13.3. The lowest BCUT2D eigenvalue weighted by Gasteiger charge is -2.27. The van der Waals surface area contributed by atoms with Gasteiger partial charge in [0, 0.05) is 13.2 Å². The van der Waals surface area contributed by atoms with Gasteiger partial charge < -0.3 is 25.3 Å². The van der Waals surface area contributed by atoms with Crippen LogP contribution in [0.1, 0.15) is 12.0 Å². The smallest absolute Gasteiger partial charge is 0.189 e. The van der Waals surface area contributed by atoms with Crippen LogP contribution in [0, 0.1) is 11.3 Å². The third-order valence-corrected chi connectivity index (χ3v) is 2.78. The van der Waals surface area contributed by atoms with Gasteiger partial charge in [0.25, 0.3) is 0 Å². The summed E-state index contributed by atoms with van der Waals surface area (Å²) in [5.74, 6) is 6.69. The lowest BCUT2D eigenvalue weighted by atomic mass is 10.1. The van der Waals surface area contributed by atoms with Gasteiger partial charge in [-0.25, -0.2) is 5.84 Å². The van der Waals surface area contributed by atoms with Crippen LogP contribution >= 0.6 is 0 Å². The highest BCUT2D eigenvalue weighted by Crippen LogP contribution is 2.45. The van der Waals surface area contributed by atoms with Crippen molar-refractivity contribution in [2.75, 3.05) is 37.1 Å². The summed E-state index contributed by atoms with van der Waals surface area (Å²) >= 11 is 0. The molecule has 0 saturated heterocycles. The first-order valence-electron chi connectivity index (χ1n) is 5.94. The number of anilines is 2. The minimum atomic E-state index is 0.0312. The summed E-state index contributed by atoms with van der Waals surface area (Å²) in [6.07, 6.45) is 0.506. The molecule has 0 atom stereocenters. The second-order valence-electron chi connectivity index (χ2n) is 4.10. The molecule has 7 nitrogen and oxygen atoms in total. The van der Waals surface area contributed by atoms with Crippen LogP contribution in [-0.2, 0) is 0 Å². The normalized spacial score (nSPS) is 12.9. The van der Waals surface area contributed by atoms with Gasteiger partial charge >= 0.3 is 0 Å². The topological polar surface area (TPSA) is 118 Å². The van der Waals surface area contributed by atoms with Crippen molar-refractivity contribution in [1.29, 1.82) is 5.26 Å². The SMILES string of the molecule is N#Cc1cc(N)c(N(N)CCCO)c2c1OCCO2. The van der Waals surface area contributed by atoms with Crippen molar-refractivity contribution in [3.8, 4) is 17.6 Å². The number of benzene rings is 1. The lowest BCUT2D eigenvalue weighted by Crippen LogP contribution is -2.34. The van der Waals surface area contributed by atoms with Crippen molar-refractivity contribution in [3.63, 3.8) is 0 Å². The van der Waals surface area contributed by atoms with Crippen LogP contribution in [0.3, 0.4) is 0 Å². The summed E-state index contributed by atoms with van der Waals surface area (Å²) in [6, 6.07) is 3.54. The number of hydrazine groups is 1. The predicted molar refractivity (Wildman–Crippen MR) is 69.8 cm³/mol. The summed E-state index contributed by atoms with van der Waals surface area (Å²) in [4.78, 5) is 0. The Morgan fingerprint density at radius 1 is 1.37 bits per heavy atom. The number of nitrogens with two attached hydrogens (primary N) is 2. The predicted octanol–water partition coefficient (Wildman–Crippen LogP) is -0.0258. The summed E-state index contributed by atoms with van der Waals surface area (Å²) in [7, 11) is 0. The van der Waals surface area contributed by atoms with Crippen molar-refractivity contribution in [2.24, 2.45) is 5.84 Å². The molecule has 5 N–H and O–H groups in total. The average Bonchev–Trinajstić information content (AvgIpc) is 2.43. The monoisotopic (exact) mass is 264 g/mol. The molecule has 1 aliphatic heterocycles. The molecule has 1 heterocycles. The maximum Gasteiger partial charge on any atom is 0.189 e. The molecule has 0 radical (unpaired) electrons. The molecule has 0 spiro atoms. The summed E-state index contributed by atoms with van der Waals surface area (Å²) in [5, 5.41) is 19.3. The first-order valence-corrected chi connectivity index (χ1v) is 5.94. The molecular weight excluding hydrogens is 248 g/mol. The number of nitrogen functional groups attached to an aromatic ring is 1. The van der Waals surface area contributed by atoms with Crippen LogP contribution in [0.2, 0.25) is 0 Å². The Hall–Kier alpha value is -2.17. The van der Waals surface area contributed by atoms with Gasteiger partial charge in [0.1, 0.15) is 30.5 Å². The van der Waals surface area contributed by atoms with Crippen LogP contribution in [0.5, 0.6) is 11.5 Å². The molecule has 0 amide bonds. The van der Waals surface area contributed by atoms with Crippen molar-refractivity contribution in [2.45, 2.75) is 6.42 Å². The van der Waals surface area contributed by atoms with Crippen LogP contribution in [-0.4, -0.2) is 31.5 Å². The summed E-state index contributed by atoms with van der Waals surface area (Å²) in [6.45, 7) is 1.21. The van der Waals surface area contributed by atoms with E-state index in [0.717, 1.165) is 0 Å². The molecule has 0 aliphatic carbocycles. The van der Waals surface area contributed by atoms with E-state index >= 15 is 0 Å². The van der Waals surface area contributed by atoms with Crippen molar-refractivity contribution in [3.05, 3.63) is 11.6 Å². The van der Waals surface area contributed by atoms with Gasteiger partial charge in [0.05, 0.1) is 5.69 Å². The molecule has 0 bridgehead atoms. The Balaban J connectivity index is 2.46. The molecular formula is C12H16N4O3. The molecule has 7 heteroatoms. The first-order chi connectivity index (χ1) is 9.19. The van der Waals surface area contributed by atoms with E-state index in [4.69, 9.17) is 31.4 Å². The number of aliphatic hydroxyl groups excluding tert-OH is 1. The maximum absolute atomic E-state index is 9.07. The van der Waals surface area contributed by atoms with Gasteiger partial charge in [-0.05, 0) is 12.5 Å². The fourth-order valence-electron chi connectivity index (χ4n) is 1.95. The number of nitriles is 1. The number of rotatable bonds is 4. The van der Waals surface area contributed by atoms with Crippen LogP contribution in [0.4, 0.5) is 11.4 Å². The van der Waals surface area contributed by atoms with Crippen LogP contribution in [0.25, 0.3) is 0 Å². The van der Waals surface area contributed by atoms with Crippen molar-refractivity contribution >= 4 is 11.4 Å². The zero-order valence-electron chi connectivity index (χ0n) is 10.4. The molecule has 102 valence electrons. The maximum atomic E-state index is 9.07. The molecule has 0 fully saturated rings. The number of nitrogens with zero attached hydrogens (tertiary/aromatic N) is 2. The highest BCUT2D eigenvalue weighted by molar-refractivity contribution is 5.81. The van der Waals surface area contributed by atoms with E-state index in [-0.39, 0.29) is 6.61 Å². The number of ether oxygens (including phenoxy) is 2. The number of hydrogen-bond donors (Lipinski definition) is 3. The Bertz CT molecular complexity index is 513. The highest BCUT2D eigenvalue weighted by atomic mass is 16.6. The largest absolute Gasteiger partial charge is 0.485 e. The molecule has 1 aromatic carbocycles. The zero-order chi connectivity index (χ0) is 13.8. The summed E-state index contributed by atoms with van der Waals surface area (Å²) < 4.78 is 11.0. The molecule has 1 aliphatic rings. The fraction of sp³-hybridized carbons (Fsp3) is 0.417. The van der Waals surface area contributed by atoms with E-state index in [2.05, 4.69) is 0 Å². The quantitative estimate of drug-likeness (QED) is 0.397. The second-order valence-corrected chi connectivity index (χ2v) is 4.10. The highest BCUT2D eigenvalue weighted by Gasteiger charge is 2.25. The number of aliphatic hydroxyl groups is 1. The Kier molecular flexibility index (Phi) is 3.94. The molecule has 19 heavy (non-hydrogen) atoms. The second kappa shape index (κ2) is 5.65. The van der Waals surface area contributed by atoms with Crippen LogP contribution in [0.15, 0.2) is 6.07 Å². The van der Waals surface area contributed by atoms with Gasteiger partial charge in [-0.2, -0.15) is 5.26 Å². The van der Waals surface area contributed by atoms with E-state index < -0.39 is 0 Å². The minimum Gasteiger partial charge on any atom is -0.485 e. The van der Waals surface area contributed by atoms with Crippen LogP contribution < -0.4 is 26.1 Å². The summed E-state index contributed by atoms with van der Waals surface area (Å²) in [5.41, 5.74) is 7.08. The van der Waals surface area contributed by atoms with Gasteiger partial charge in [-0.1, -0.05) is 0 Å². The van der Waals surface area contributed by atoms with Crippen molar-refractivity contribution < 1.29 is 14.6 Å². The van der Waals surface area contributed by atoms with E-state index in [0.29, 0.717) is 54.6 Å². The third kappa shape index (κ3) is 2.50. The standard InChI is InChI=1S/C12H16N4O3/c13-7-8-6-9(14)10(16(15)2-1-3-17)12-11(8)18-4-5-19-12/h6,17H,1-5,14-15H2. The molecule has 1 aromatic rings. The third-order valence-electron chi connectivity index (χ3n) is 2.78. The van der Waals surface area contributed by atoms with E-state index in [1.807, 2.05) is 6.07 Å². The fourth-order valence-corrected chi connectivity index (χ4v) is 1.95. The lowest BCUT2D eigenvalue weighted by molar-refractivity contribution is 0.171. The molecule has 0 unspecified atom stereocenters. The Morgan fingerprint density at radius 3 is 2.68 bits per heavy atom. The number of hydrogen-bond acceptors (Lipinski definition) is 7. The Morgan fingerprint density at radius 2 is 2.05 bits per heavy atom. The van der Waals surface area contributed by atoms with E-state index in [9.17, 15) is 0 Å². The van der Waals surface area contributed by atoms with E-state index in [1.54, 1.807) is 0 Å². The van der Waals surface area contributed by atoms with Gasteiger partial charge in [-0.3, -0.25) is 0 Å². The molecule has 2 rings (SSSR count). The van der Waals surface area contributed by atoms with Gasteiger partial charge in [-0.15, -0.1) is 0 Å². The molecule has 0 aromatic heterocycles. The van der Waals surface area contributed by atoms with Crippen molar-refractivity contribution in [1.82, 2.24) is 0 Å². The zero-order valence-corrected chi connectivity index (χ0v) is 10.4. The average molecular weight is 264 g/mol. The Labute approximate surface area is 110 Å². The number of fused-ring (bicyclic) bond motifs is 1. The van der Waals surface area contributed by atoms with Gasteiger partial charge in [0.15, 0.2) is 11.5 Å².